The molecule has 4 nitrogen and oxygen atoms in total. The van der Waals surface area contributed by atoms with Gasteiger partial charge in [0.05, 0.1) is 5.69 Å². The Morgan fingerprint density at radius 1 is 1.24 bits per heavy atom. The second-order valence-electron chi connectivity index (χ2n) is 3.79. The molecule has 0 unspecified atom stereocenters. The lowest BCUT2D eigenvalue weighted by atomic mass is 10.2. The van der Waals surface area contributed by atoms with Crippen molar-refractivity contribution in [2.75, 3.05) is 4.90 Å². The van der Waals surface area contributed by atoms with E-state index in [0.717, 1.165) is 0 Å². The molecule has 0 atom stereocenters. The van der Waals surface area contributed by atoms with E-state index in [2.05, 4.69) is 0 Å². The van der Waals surface area contributed by atoms with E-state index in [0.29, 0.717) is 10.5 Å². The molecular weight excluding hydrogens is 225 g/mol. The molecule has 1 aromatic rings. The number of carbonyl (C=O) groups excluding carboxylic acids is 2. The van der Waals surface area contributed by atoms with Crippen LogP contribution in [0.15, 0.2) is 35.6 Å². The second kappa shape index (κ2) is 4.01. The van der Waals surface area contributed by atoms with Gasteiger partial charge in [-0.2, -0.15) is 0 Å². The van der Waals surface area contributed by atoms with E-state index < -0.39 is 17.8 Å². The highest BCUT2D eigenvalue weighted by molar-refractivity contribution is 6.23. The van der Waals surface area contributed by atoms with E-state index >= 15 is 0 Å². The molecule has 1 saturated heterocycles. The maximum atomic E-state index is 13.5. The molecule has 1 aliphatic heterocycles. The molecule has 0 aromatic heterocycles. The summed E-state index contributed by atoms with van der Waals surface area (Å²) in [7, 11) is 0. The van der Waals surface area contributed by atoms with Crippen LogP contribution in [0.25, 0.3) is 0 Å². The van der Waals surface area contributed by atoms with Gasteiger partial charge in [-0.25, -0.2) is 14.1 Å². The van der Waals surface area contributed by atoms with Gasteiger partial charge in [0.2, 0.25) is 0 Å². The van der Waals surface area contributed by atoms with Gasteiger partial charge >= 0.3 is 12.0 Å². The fraction of sp³-hybridized carbons (Fsp3) is 0.167. The van der Waals surface area contributed by atoms with Gasteiger partial charge in [-0.3, -0.25) is 4.79 Å². The van der Waals surface area contributed by atoms with Crippen molar-refractivity contribution in [3.05, 3.63) is 41.4 Å². The molecule has 0 bridgehead atoms. The molecule has 2 amide bonds. The zero-order chi connectivity index (χ0) is 12.6. The number of hydrogen-bond donors (Lipinski definition) is 0. The summed E-state index contributed by atoms with van der Waals surface area (Å²) in [5, 5.41) is 0. The van der Waals surface area contributed by atoms with Gasteiger partial charge in [0.25, 0.3) is 0 Å². The normalized spacial score (nSPS) is 15.2. The Balaban J connectivity index is 2.49. The summed E-state index contributed by atoms with van der Waals surface area (Å²) in [5.41, 5.74) is 0.473. The average Bonchev–Trinajstić information content (AvgIpc) is 2.56. The summed E-state index contributed by atoms with van der Waals surface area (Å²) in [4.78, 5) is 24.1. The predicted molar refractivity (Wildman–Crippen MR) is 58.7 cm³/mol. The van der Waals surface area contributed by atoms with Crippen LogP contribution in [0, 0.1) is 5.82 Å². The second-order valence-corrected chi connectivity index (χ2v) is 3.79. The number of ether oxygens (including phenoxy) is 1. The highest BCUT2D eigenvalue weighted by Crippen LogP contribution is 2.28. The highest BCUT2D eigenvalue weighted by atomic mass is 19.1. The zero-order valence-corrected chi connectivity index (χ0v) is 9.36. The van der Waals surface area contributed by atoms with Crippen LogP contribution in [-0.2, 0) is 9.53 Å². The van der Waals surface area contributed by atoms with E-state index in [1.807, 2.05) is 0 Å². The lowest BCUT2D eigenvalue weighted by Crippen LogP contribution is -2.29. The Labute approximate surface area is 97.3 Å². The molecule has 0 spiro atoms. The Morgan fingerprint density at radius 3 is 2.41 bits per heavy atom. The number of amides is 2. The van der Waals surface area contributed by atoms with Crippen molar-refractivity contribution >= 4 is 17.7 Å². The van der Waals surface area contributed by atoms with Crippen LogP contribution in [0.3, 0.4) is 0 Å². The number of rotatable bonds is 1. The first-order chi connectivity index (χ1) is 8.02. The predicted octanol–water partition coefficient (Wildman–Crippen LogP) is 2.60. The molecule has 17 heavy (non-hydrogen) atoms. The largest absolute Gasteiger partial charge is 0.427 e. The number of nitrogens with zero attached hydrogens (tertiary/aromatic N) is 1. The third kappa shape index (κ3) is 1.80. The summed E-state index contributed by atoms with van der Waals surface area (Å²) in [5.74, 6) is -1.33. The van der Waals surface area contributed by atoms with E-state index in [4.69, 9.17) is 4.74 Å². The number of carbonyl (C=O) groups is 2. The lowest BCUT2D eigenvalue weighted by molar-refractivity contribution is -0.114. The van der Waals surface area contributed by atoms with Crippen LogP contribution >= 0.6 is 0 Å². The fourth-order valence-electron chi connectivity index (χ4n) is 1.52. The summed E-state index contributed by atoms with van der Waals surface area (Å²) in [6.07, 6.45) is -0.878. The van der Waals surface area contributed by atoms with Crippen LogP contribution < -0.4 is 4.90 Å². The molecule has 1 heterocycles. The van der Waals surface area contributed by atoms with Crippen molar-refractivity contribution < 1.29 is 18.7 Å². The molecule has 5 heteroatoms. The molecule has 0 saturated carbocycles. The average molecular weight is 235 g/mol. The van der Waals surface area contributed by atoms with Gasteiger partial charge in [0.15, 0.2) is 5.76 Å². The maximum Gasteiger partial charge on any atom is 0.427 e. The molecular formula is C12H10FNO3. The quantitative estimate of drug-likeness (QED) is 0.703. The van der Waals surface area contributed by atoms with Crippen LogP contribution in [0.4, 0.5) is 14.9 Å². The van der Waals surface area contributed by atoms with Gasteiger partial charge in [-0.1, -0.05) is 12.1 Å². The first kappa shape index (κ1) is 11.3. The van der Waals surface area contributed by atoms with Gasteiger partial charge < -0.3 is 4.74 Å². The Morgan fingerprint density at radius 2 is 1.88 bits per heavy atom. The van der Waals surface area contributed by atoms with Crippen molar-refractivity contribution in [3.8, 4) is 0 Å². The molecule has 0 radical (unpaired) electrons. The monoisotopic (exact) mass is 235 g/mol. The van der Waals surface area contributed by atoms with Crippen LogP contribution in [0.2, 0.25) is 0 Å². The number of para-hydroxylation sites is 1. The minimum absolute atomic E-state index is 0.0433. The topological polar surface area (TPSA) is 46.6 Å². The molecule has 0 N–H and O–H groups in total. The number of benzene rings is 1. The molecule has 1 fully saturated rings. The van der Waals surface area contributed by atoms with Gasteiger partial charge in [0, 0.05) is 0 Å². The van der Waals surface area contributed by atoms with E-state index in [1.165, 1.54) is 18.2 Å². The van der Waals surface area contributed by atoms with Crippen molar-refractivity contribution in [2.45, 2.75) is 13.8 Å². The lowest BCUT2D eigenvalue weighted by Gasteiger charge is -2.10. The minimum Gasteiger partial charge on any atom is -0.404 e. The summed E-state index contributed by atoms with van der Waals surface area (Å²) in [6.45, 7) is 3.29. The summed E-state index contributed by atoms with van der Waals surface area (Å²) < 4.78 is 18.3. The number of allylic oxidation sites excluding steroid dienone is 1. The zero-order valence-electron chi connectivity index (χ0n) is 9.36. The third-order valence-electron chi connectivity index (χ3n) is 2.32. The van der Waals surface area contributed by atoms with Crippen LogP contribution in [0.5, 0.6) is 0 Å². The molecule has 0 aliphatic carbocycles. The number of halogens is 1. The highest BCUT2D eigenvalue weighted by Gasteiger charge is 2.39. The molecule has 1 aromatic carbocycles. The fourth-order valence-corrected chi connectivity index (χ4v) is 1.52. The van der Waals surface area contributed by atoms with Gasteiger partial charge in [-0.15, -0.1) is 0 Å². The minimum atomic E-state index is -0.878. The number of hydrogen-bond acceptors (Lipinski definition) is 3. The number of anilines is 1. The van der Waals surface area contributed by atoms with E-state index in [9.17, 15) is 14.0 Å². The van der Waals surface area contributed by atoms with Crippen molar-refractivity contribution in [2.24, 2.45) is 0 Å². The molecule has 1 aliphatic rings. The first-order valence-corrected chi connectivity index (χ1v) is 5.00. The Kier molecular flexibility index (Phi) is 2.67. The van der Waals surface area contributed by atoms with E-state index in [-0.39, 0.29) is 11.4 Å². The van der Waals surface area contributed by atoms with Crippen LogP contribution in [-0.4, -0.2) is 12.0 Å². The van der Waals surface area contributed by atoms with Crippen LogP contribution in [0.1, 0.15) is 13.8 Å². The summed E-state index contributed by atoms with van der Waals surface area (Å²) >= 11 is 0. The Bertz CT molecular complexity index is 532. The number of cyclic esters (lactones) is 1. The van der Waals surface area contributed by atoms with Crippen molar-refractivity contribution in [1.29, 1.82) is 0 Å². The van der Waals surface area contributed by atoms with Crippen molar-refractivity contribution in [3.63, 3.8) is 0 Å². The Hall–Kier alpha value is -2.17. The molecule has 2 rings (SSSR count). The van der Waals surface area contributed by atoms with Crippen molar-refractivity contribution in [1.82, 2.24) is 0 Å². The van der Waals surface area contributed by atoms with Gasteiger partial charge in [-0.05, 0) is 31.6 Å². The van der Waals surface area contributed by atoms with E-state index in [1.54, 1.807) is 19.9 Å². The SMILES string of the molecule is CC(C)=C1OC(=O)N(c2ccccc2F)C1=O. The smallest absolute Gasteiger partial charge is 0.404 e. The standard InChI is InChI=1S/C12H10FNO3/c1-7(2)10-11(15)14(12(16)17-10)9-6-4-3-5-8(9)13/h3-6H,1-2H3. The third-order valence-corrected chi connectivity index (χ3v) is 2.32. The maximum absolute atomic E-state index is 13.5. The molecule has 88 valence electrons. The summed E-state index contributed by atoms with van der Waals surface area (Å²) in [6, 6.07) is 5.55. The number of imide groups is 1. The first-order valence-electron chi connectivity index (χ1n) is 5.00. The van der Waals surface area contributed by atoms with Gasteiger partial charge in [0.1, 0.15) is 5.82 Å².